The Morgan fingerprint density at radius 3 is 2.53 bits per heavy atom. The third-order valence-electron chi connectivity index (χ3n) is 2.69. The molecule has 2 N–H and O–H groups in total. The molecule has 0 spiro atoms. The van der Waals surface area contributed by atoms with Crippen LogP contribution < -0.4 is 5.73 Å². The molecule has 0 unspecified atom stereocenters. The second-order valence-corrected chi connectivity index (χ2v) is 4.16. The second kappa shape index (κ2) is 4.52. The number of nitro benzene ring substituents is 1. The van der Waals surface area contributed by atoms with Crippen LogP contribution in [0.25, 0.3) is 5.69 Å². The van der Waals surface area contributed by atoms with E-state index in [1.54, 1.807) is 4.68 Å². The molecule has 7 heteroatoms. The van der Waals surface area contributed by atoms with E-state index in [-0.39, 0.29) is 11.3 Å². The van der Waals surface area contributed by atoms with E-state index < -0.39 is 10.8 Å². The number of carbonyl (C=O) groups is 1. The molecule has 0 atom stereocenters. The number of non-ortho nitro benzene ring substituents is 1. The minimum Gasteiger partial charge on any atom is -0.366 e. The van der Waals surface area contributed by atoms with Crippen molar-refractivity contribution in [1.82, 2.24) is 9.78 Å². The van der Waals surface area contributed by atoms with Gasteiger partial charge in [-0.2, -0.15) is 5.10 Å². The molecule has 98 valence electrons. The zero-order valence-corrected chi connectivity index (χ0v) is 10.5. The summed E-state index contributed by atoms with van der Waals surface area (Å²) in [5.41, 5.74) is 7.19. The van der Waals surface area contributed by atoms with Crippen molar-refractivity contribution in [2.75, 3.05) is 0 Å². The van der Waals surface area contributed by atoms with E-state index in [2.05, 4.69) is 5.10 Å². The van der Waals surface area contributed by atoms with E-state index in [1.807, 2.05) is 19.9 Å². The number of nitrogens with two attached hydrogens (primary N) is 1. The summed E-state index contributed by atoms with van der Waals surface area (Å²) in [5, 5.41) is 15.0. The normalized spacial score (nSPS) is 10.4. The van der Waals surface area contributed by atoms with Gasteiger partial charge in [0.2, 0.25) is 0 Å². The lowest BCUT2D eigenvalue weighted by Crippen LogP contribution is -2.16. The molecule has 1 aromatic carbocycles. The first-order valence-electron chi connectivity index (χ1n) is 5.52. The number of primary amides is 1. The summed E-state index contributed by atoms with van der Waals surface area (Å²) in [7, 11) is 0. The minimum atomic E-state index is -0.730. The van der Waals surface area contributed by atoms with Crippen LogP contribution in [-0.4, -0.2) is 20.6 Å². The van der Waals surface area contributed by atoms with E-state index in [4.69, 9.17) is 5.73 Å². The number of carbonyl (C=O) groups excluding carboxylic acids is 1. The Labute approximate surface area is 108 Å². The van der Waals surface area contributed by atoms with Crippen molar-refractivity contribution >= 4 is 11.6 Å². The standard InChI is InChI=1S/C12H12N4O3/c1-7-5-8(2)15(14-7)11-4-3-9(16(18)19)6-10(11)12(13)17/h3-6H,1-2H3,(H2,13,17). The zero-order valence-electron chi connectivity index (χ0n) is 10.5. The van der Waals surface area contributed by atoms with Crippen molar-refractivity contribution in [2.24, 2.45) is 5.73 Å². The van der Waals surface area contributed by atoms with Gasteiger partial charge < -0.3 is 5.73 Å². The van der Waals surface area contributed by atoms with Crippen molar-refractivity contribution in [1.29, 1.82) is 0 Å². The molecular weight excluding hydrogens is 248 g/mol. The van der Waals surface area contributed by atoms with Gasteiger partial charge >= 0.3 is 0 Å². The summed E-state index contributed by atoms with van der Waals surface area (Å²) in [6.45, 7) is 3.64. The number of nitrogens with zero attached hydrogens (tertiary/aromatic N) is 3. The smallest absolute Gasteiger partial charge is 0.270 e. The van der Waals surface area contributed by atoms with Crippen LogP contribution >= 0.6 is 0 Å². The summed E-state index contributed by atoms with van der Waals surface area (Å²) in [6, 6.07) is 5.79. The van der Waals surface area contributed by atoms with Crippen LogP contribution in [0.4, 0.5) is 5.69 Å². The zero-order chi connectivity index (χ0) is 14.2. The molecule has 0 aliphatic carbocycles. The van der Waals surface area contributed by atoms with Gasteiger partial charge in [0, 0.05) is 17.8 Å². The molecule has 0 radical (unpaired) electrons. The third-order valence-corrected chi connectivity index (χ3v) is 2.69. The molecule has 2 rings (SSSR count). The molecule has 0 fully saturated rings. The van der Waals surface area contributed by atoms with Gasteiger partial charge in [-0.05, 0) is 26.0 Å². The lowest BCUT2D eigenvalue weighted by atomic mass is 10.1. The second-order valence-electron chi connectivity index (χ2n) is 4.16. The highest BCUT2D eigenvalue weighted by molar-refractivity contribution is 5.97. The highest BCUT2D eigenvalue weighted by Gasteiger charge is 2.17. The number of aryl methyl sites for hydroxylation is 2. The largest absolute Gasteiger partial charge is 0.366 e. The van der Waals surface area contributed by atoms with E-state index in [0.717, 1.165) is 17.5 Å². The highest BCUT2D eigenvalue weighted by Crippen LogP contribution is 2.22. The van der Waals surface area contributed by atoms with Gasteiger partial charge in [-0.1, -0.05) is 0 Å². The Balaban J connectivity index is 2.66. The molecule has 19 heavy (non-hydrogen) atoms. The molecule has 0 saturated carbocycles. The molecule has 0 aliphatic rings. The molecule has 0 bridgehead atoms. The van der Waals surface area contributed by atoms with Crippen molar-refractivity contribution in [3.8, 4) is 5.69 Å². The number of nitro groups is 1. The monoisotopic (exact) mass is 260 g/mol. The van der Waals surface area contributed by atoms with Gasteiger partial charge in [-0.15, -0.1) is 0 Å². The van der Waals surface area contributed by atoms with Crippen molar-refractivity contribution in [3.63, 3.8) is 0 Å². The Kier molecular flexibility index (Phi) is 3.04. The van der Waals surface area contributed by atoms with Crippen molar-refractivity contribution in [3.05, 3.63) is 51.3 Å². The summed E-state index contributed by atoms with van der Waals surface area (Å²) >= 11 is 0. The molecule has 0 aliphatic heterocycles. The van der Waals surface area contributed by atoms with Crippen LogP contribution in [0.2, 0.25) is 0 Å². The number of aromatic nitrogens is 2. The van der Waals surface area contributed by atoms with Crippen molar-refractivity contribution in [2.45, 2.75) is 13.8 Å². The first kappa shape index (κ1) is 12.7. The Hall–Kier alpha value is -2.70. The van der Waals surface area contributed by atoms with E-state index in [1.165, 1.54) is 12.1 Å². The number of hydrogen-bond donors (Lipinski definition) is 1. The van der Waals surface area contributed by atoms with Crippen molar-refractivity contribution < 1.29 is 9.72 Å². The highest BCUT2D eigenvalue weighted by atomic mass is 16.6. The molecule has 7 nitrogen and oxygen atoms in total. The number of amides is 1. The van der Waals surface area contributed by atoms with Crippen LogP contribution in [0.3, 0.4) is 0 Å². The quantitative estimate of drug-likeness (QED) is 0.666. The number of rotatable bonds is 3. The van der Waals surface area contributed by atoms with E-state index in [9.17, 15) is 14.9 Å². The average Bonchev–Trinajstić information content (AvgIpc) is 2.67. The summed E-state index contributed by atoms with van der Waals surface area (Å²) < 4.78 is 1.54. The molecule has 1 heterocycles. The molecule has 0 saturated heterocycles. The average molecular weight is 260 g/mol. The van der Waals surface area contributed by atoms with Gasteiger partial charge in [-0.3, -0.25) is 14.9 Å². The maximum absolute atomic E-state index is 11.4. The fourth-order valence-corrected chi connectivity index (χ4v) is 1.89. The number of benzene rings is 1. The van der Waals surface area contributed by atoms with Gasteiger partial charge in [0.25, 0.3) is 11.6 Å². The SMILES string of the molecule is Cc1cc(C)n(-c2ccc([N+](=O)[O-])cc2C(N)=O)n1. The molecule has 1 amide bonds. The van der Waals surface area contributed by atoms with Crippen LogP contribution in [0, 0.1) is 24.0 Å². The molecule has 2 aromatic rings. The fraction of sp³-hybridized carbons (Fsp3) is 0.167. The Bertz CT molecular complexity index is 676. The van der Waals surface area contributed by atoms with Crippen LogP contribution in [-0.2, 0) is 0 Å². The minimum absolute atomic E-state index is 0.0698. The maximum atomic E-state index is 11.4. The summed E-state index contributed by atoms with van der Waals surface area (Å²) in [4.78, 5) is 21.6. The van der Waals surface area contributed by atoms with E-state index >= 15 is 0 Å². The van der Waals surface area contributed by atoms with Gasteiger partial charge in [-0.25, -0.2) is 4.68 Å². The lowest BCUT2D eigenvalue weighted by molar-refractivity contribution is -0.384. The van der Waals surface area contributed by atoms with E-state index in [0.29, 0.717) is 5.69 Å². The Morgan fingerprint density at radius 1 is 1.37 bits per heavy atom. The predicted molar refractivity (Wildman–Crippen MR) is 68.2 cm³/mol. The molecule has 1 aromatic heterocycles. The first-order chi connectivity index (χ1) is 8.90. The lowest BCUT2D eigenvalue weighted by Gasteiger charge is -2.08. The summed E-state index contributed by atoms with van der Waals surface area (Å²) in [5.74, 6) is -0.730. The van der Waals surface area contributed by atoms with Gasteiger partial charge in [0.15, 0.2) is 0 Å². The van der Waals surface area contributed by atoms with Crippen LogP contribution in [0.5, 0.6) is 0 Å². The van der Waals surface area contributed by atoms with Crippen LogP contribution in [0.15, 0.2) is 24.3 Å². The molecular formula is C12H12N4O3. The summed E-state index contributed by atoms with van der Waals surface area (Å²) in [6.07, 6.45) is 0. The Morgan fingerprint density at radius 2 is 2.05 bits per heavy atom. The predicted octanol–water partition coefficient (Wildman–Crippen LogP) is 1.50. The topological polar surface area (TPSA) is 104 Å². The first-order valence-corrected chi connectivity index (χ1v) is 5.52. The fourth-order valence-electron chi connectivity index (χ4n) is 1.89. The maximum Gasteiger partial charge on any atom is 0.270 e. The van der Waals surface area contributed by atoms with Gasteiger partial charge in [0.05, 0.1) is 21.9 Å². The number of hydrogen-bond acceptors (Lipinski definition) is 4. The van der Waals surface area contributed by atoms with Gasteiger partial charge in [0.1, 0.15) is 0 Å². The van der Waals surface area contributed by atoms with Crippen LogP contribution in [0.1, 0.15) is 21.7 Å². The third kappa shape index (κ3) is 2.30.